The summed E-state index contributed by atoms with van der Waals surface area (Å²) in [5, 5.41) is 4.25. The van der Waals surface area contributed by atoms with Crippen LogP contribution in [0.2, 0.25) is 0 Å². The topological polar surface area (TPSA) is 44.1 Å². The van der Waals surface area contributed by atoms with Crippen molar-refractivity contribution in [1.82, 2.24) is 9.78 Å². The van der Waals surface area contributed by atoms with Crippen LogP contribution in [0, 0.1) is 17.3 Å². The number of carbonyl (C=O) groups excluding carboxylic acids is 1. The number of benzene rings is 1. The van der Waals surface area contributed by atoms with E-state index >= 15 is 0 Å². The normalized spacial score (nSPS) is 32.8. The Bertz CT molecular complexity index is 973. The molecule has 28 heavy (non-hydrogen) atoms. The van der Waals surface area contributed by atoms with Gasteiger partial charge in [-0.3, -0.25) is 9.48 Å². The summed E-state index contributed by atoms with van der Waals surface area (Å²) < 4.78 is 7.22. The van der Waals surface area contributed by atoms with Crippen molar-refractivity contribution in [2.24, 2.45) is 24.3 Å². The molecule has 146 valence electrons. The second kappa shape index (κ2) is 6.33. The predicted octanol–water partition coefficient (Wildman–Crippen LogP) is 4.55. The first-order valence-electron chi connectivity index (χ1n) is 10.4. The number of Topliss-reactive ketones (excluding diaryl/α,β-unsaturated/α-hetero) is 1. The van der Waals surface area contributed by atoms with Crippen molar-refractivity contribution in [3.8, 4) is 5.75 Å². The SMILES string of the molecule is COc1ccc2c(c1)CC[C@@H]1[C@@H]2CC[C@@]2(C)C(=O)/C(=C/c3cnn(C)c3)C[C@@H]12. The van der Waals surface area contributed by atoms with Gasteiger partial charge in [0.15, 0.2) is 5.78 Å². The van der Waals surface area contributed by atoms with Crippen LogP contribution in [0.5, 0.6) is 5.75 Å². The van der Waals surface area contributed by atoms with E-state index in [0.717, 1.165) is 42.6 Å². The van der Waals surface area contributed by atoms with E-state index in [-0.39, 0.29) is 5.41 Å². The van der Waals surface area contributed by atoms with Gasteiger partial charge in [-0.25, -0.2) is 0 Å². The zero-order valence-corrected chi connectivity index (χ0v) is 16.9. The van der Waals surface area contributed by atoms with E-state index in [0.29, 0.717) is 23.5 Å². The maximum absolute atomic E-state index is 13.4. The molecule has 0 spiro atoms. The van der Waals surface area contributed by atoms with Crippen LogP contribution in [0.3, 0.4) is 0 Å². The molecule has 4 atom stereocenters. The van der Waals surface area contributed by atoms with E-state index in [4.69, 9.17) is 4.74 Å². The molecule has 2 saturated carbocycles. The molecule has 0 bridgehead atoms. The second-order valence-electron chi connectivity index (χ2n) is 9.09. The zero-order valence-electron chi connectivity index (χ0n) is 16.9. The Balaban J connectivity index is 1.48. The molecule has 4 nitrogen and oxygen atoms in total. The number of rotatable bonds is 2. The molecule has 0 N–H and O–H groups in total. The summed E-state index contributed by atoms with van der Waals surface area (Å²) in [6.45, 7) is 2.23. The highest BCUT2D eigenvalue weighted by molar-refractivity contribution is 6.05. The van der Waals surface area contributed by atoms with Crippen molar-refractivity contribution in [2.75, 3.05) is 7.11 Å². The number of hydrogen-bond donors (Lipinski definition) is 0. The van der Waals surface area contributed by atoms with Crippen LogP contribution < -0.4 is 4.74 Å². The molecule has 3 aliphatic rings. The fourth-order valence-corrected chi connectivity index (χ4v) is 6.20. The largest absolute Gasteiger partial charge is 0.497 e. The molecule has 0 radical (unpaired) electrons. The lowest BCUT2D eigenvalue weighted by molar-refractivity contribution is -0.127. The first-order valence-corrected chi connectivity index (χ1v) is 10.4. The molecule has 0 amide bonds. The third-order valence-corrected chi connectivity index (χ3v) is 7.64. The van der Waals surface area contributed by atoms with Crippen molar-refractivity contribution in [2.45, 2.75) is 44.9 Å². The van der Waals surface area contributed by atoms with Crippen LogP contribution in [0.4, 0.5) is 0 Å². The van der Waals surface area contributed by atoms with Gasteiger partial charge in [0.1, 0.15) is 5.75 Å². The molecule has 2 fully saturated rings. The highest BCUT2D eigenvalue weighted by Crippen LogP contribution is 2.60. The standard InChI is InChI=1S/C24H28N2O2/c1-24-9-8-20-19-7-5-18(28-3)11-16(19)4-6-21(20)22(24)12-17(23(24)27)10-15-13-25-26(2)14-15/h5,7,10-11,13-14,20-22H,4,6,8-9,12H2,1-3H3/b17-10+/t20-,21-,22+,24-/m1/s1. The number of allylic oxidation sites excluding steroid dienone is 1. The molecular weight excluding hydrogens is 348 g/mol. The number of fused-ring (bicyclic) bond motifs is 5. The molecule has 0 unspecified atom stereocenters. The Morgan fingerprint density at radius 1 is 1.32 bits per heavy atom. The lowest BCUT2D eigenvalue weighted by Crippen LogP contribution is -2.42. The van der Waals surface area contributed by atoms with E-state index in [1.165, 1.54) is 17.5 Å². The summed E-state index contributed by atoms with van der Waals surface area (Å²) in [6, 6.07) is 6.59. The molecule has 1 aromatic carbocycles. The summed E-state index contributed by atoms with van der Waals surface area (Å²) in [6.07, 6.45) is 11.2. The second-order valence-corrected chi connectivity index (χ2v) is 9.09. The van der Waals surface area contributed by atoms with Crippen molar-refractivity contribution >= 4 is 11.9 Å². The minimum atomic E-state index is -0.195. The minimum Gasteiger partial charge on any atom is -0.497 e. The van der Waals surface area contributed by atoms with Gasteiger partial charge < -0.3 is 4.74 Å². The van der Waals surface area contributed by atoms with Gasteiger partial charge in [0.25, 0.3) is 0 Å². The van der Waals surface area contributed by atoms with Gasteiger partial charge in [-0.05, 0) is 84.8 Å². The number of nitrogens with zero attached hydrogens (tertiary/aromatic N) is 2. The Morgan fingerprint density at radius 3 is 2.93 bits per heavy atom. The summed E-state index contributed by atoms with van der Waals surface area (Å²) in [4.78, 5) is 13.4. The Labute approximate surface area is 166 Å². The first-order chi connectivity index (χ1) is 13.5. The maximum Gasteiger partial charge on any atom is 0.165 e. The highest BCUT2D eigenvalue weighted by Gasteiger charge is 2.56. The molecule has 1 aromatic heterocycles. The molecule has 1 heterocycles. The summed E-state index contributed by atoms with van der Waals surface area (Å²) >= 11 is 0. The van der Waals surface area contributed by atoms with E-state index in [1.54, 1.807) is 11.8 Å². The lowest BCUT2D eigenvalue weighted by Gasteiger charge is -2.48. The van der Waals surface area contributed by atoms with Crippen LogP contribution in [0.15, 0.2) is 36.2 Å². The van der Waals surface area contributed by atoms with Crippen LogP contribution >= 0.6 is 0 Å². The summed E-state index contributed by atoms with van der Waals surface area (Å²) in [5.74, 6) is 2.97. The number of ketones is 1. The van der Waals surface area contributed by atoms with Crippen molar-refractivity contribution < 1.29 is 9.53 Å². The van der Waals surface area contributed by atoms with Crippen molar-refractivity contribution in [3.05, 3.63) is 52.9 Å². The predicted molar refractivity (Wildman–Crippen MR) is 109 cm³/mol. The van der Waals surface area contributed by atoms with Crippen LogP contribution in [0.1, 0.15) is 55.2 Å². The fourth-order valence-electron chi connectivity index (χ4n) is 6.20. The molecule has 5 rings (SSSR count). The smallest absolute Gasteiger partial charge is 0.165 e. The average Bonchev–Trinajstić information content (AvgIpc) is 3.22. The lowest BCUT2D eigenvalue weighted by atomic mass is 9.55. The van der Waals surface area contributed by atoms with Gasteiger partial charge in [-0.1, -0.05) is 13.0 Å². The van der Waals surface area contributed by atoms with Gasteiger partial charge in [-0.15, -0.1) is 0 Å². The number of hydrogen-bond acceptors (Lipinski definition) is 3. The summed E-state index contributed by atoms with van der Waals surface area (Å²) in [5.41, 5.74) is 4.78. The van der Waals surface area contributed by atoms with Gasteiger partial charge in [0.05, 0.1) is 13.3 Å². The minimum absolute atomic E-state index is 0.195. The molecule has 4 heteroatoms. The quantitative estimate of drug-likeness (QED) is 0.723. The van der Waals surface area contributed by atoms with Crippen LogP contribution in [-0.4, -0.2) is 22.7 Å². The Kier molecular flexibility index (Phi) is 4.01. The summed E-state index contributed by atoms with van der Waals surface area (Å²) in [7, 11) is 3.65. The molecule has 0 aliphatic heterocycles. The monoisotopic (exact) mass is 376 g/mol. The van der Waals surface area contributed by atoms with E-state index in [2.05, 4.69) is 36.3 Å². The Hall–Kier alpha value is -2.36. The number of carbonyl (C=O) groups is 1. The van der Waals surface area contributed by atoms with Crippen molar-refractivity contribution in [1.29, 1.82) is 0 Å². The number of aromatic nitrogens is 2. The maximum atomic E-state index is 13.4. The van der Waals surface area contributed by atoms with Gasteiger partial charge in [-0.2, -0.15) is 5.10 Å². The molecule has 0 saturated heterocycles. The zero-order chi connectivity index (χ0) is 19.5. The number of aryl methyl sites for hydroxylation is 2. The van der Waals surface area contributed by atoms with Gasteiger partial charge in [0, 0.05) is 24.2 Å². The van der Waals surface area contributed by atoms with E-state index in [1.807, 2.05) is 19.4 Å². The van der Waals surface area contributed by atoms with E-state index in [9.17, 15) is 4.79 Å². The molecule has 3 aliphatic carbocycles. The number of methoxy groups -OCH3 is 1. The van der Waals surface area contributed by atoms with E-state index < -0.39 is 0 Å². The van der Waals surface area contributed by atoms with Gasteiger partial charge in [0.2, 0.25) is 0 Å². The third kappa shape index (κ3) is 2.57. The molecule has 2 aromatic rings. The average molecular weight is 377 g/mol. The third-order valence-electron chi connectivity index (χ3n) is 7.64. The Morgan fingerprint density at radius 2 is 2.18 bits per heavy atom. The van der Waals surface area contributed by atoms with Crippen LogP contribution in [-0.2, 0) is 18.3 Å². The fraction of sp³-hybridized carbons (Fsp3) is 0.500. The highest BCUT2D eigenvalue weighted by atomic mass is 16.5. The van der Waals surface area contributed by atoms with Gasteiger partial charge >= 0.3 is 0 Å². The van der Waals surface area contributed by atoms with Crippen LogP contribution in [0.25, 0.3) is 6.08 Å². The molecular formula is C24H28N2O2. The first kappa shape index (κ1) is 17.7. The number of ether oxygens (including phenoxy) is 1. The van der Waals surface area contributed by atoms with Crippen molar-refractivity contribution in [3.63, 3.8) is 0 Å².